The number of likely N-dealkylation sites (tertiary alicyclic amines) is 1. The fourth-order valence-electron chi connectivity index (χ4n) is 5.49. The first-order chi connectivity index (χ1) is 14.8. The first kappa shape index (κ1) is 21.7. The molecule has 0 bridgehead atoms. The Morgan fingerprint density at radius 2 is 2.06 bits per heavy atom. The molecule has 4 rings (SSSR count). The number of likely N-dealkylation sites (N-methyl/N-ethyl adjacent to an activating group) is 1. The Morgan fingerprint density at radius 3 is 2.77 bits per heavy atom. The first-order valence-electron chi connectivity index (χ1n) is 11.4. The molecule has 3 atom stereocenters. The number of rotatable bonds is 5. The van der Waals surface area contributed by atoms with Gasteiger partial charge in [0.25, 0.3) is 0 Å². The van der Waals surface area contributed by atoms with Gasteiger partial charge in [0, 0.05) is 24.1 Å². The molecule has 1 spiro atoms. The molecule has 0 radical (unpaired) electrons. The minimum Gasteiger partial charge on any atom is -0.511 e. The fraction of sp³-hybridized carbons (Fsp3) is 0.652. The monoisotopic (exact) mass is 427 g/mol. The van der Waals surface area contributed by atoms with E-state index in [-0.39, 0.29) is 35.0 Å². The van der Waals surface area contributed by atoms with Crippen LogP contribution in [0.2, 0.25) is 0 Å². The zero-order valence-electron chi connectivity index (χ0n) is 18.5. The number of ether oxygens (including phenoxy) is 1. The highest BCUT2D eigenvalue weighted by atomic mass is 16.5. The Bertz CT molecular complexity index is 914. The number of nitrogen functional groups attached to an aromatic ring is 1. The average Bonchev–Trinajstić information content (AvgIpc) is 3.17. The molecule has 168 valence electrons. The second-order valence-corrected chi connectivity index (χ2v) is 9.24. The summed E-state index contributed by atoms with van der Waals surface area (Å²) in [7, 11) is 2.09. The van der Waals surface area contributed by atoms with E-state index < -0.39 is 5.41 Å². The van der Waals surface area contributed by atoms with E-state index in [1.807, 2.05) is 6.92 Å². The molecule has 1 saturated carbocycles. The van der Waals surface area contributed by atoms with Gasteiger partial charge in [-0.05, 0) is 65.5 Å². The van der Waals surface area contributed by atoms with Crippen LogP contribution in [0.3, 0.4) is 0 Å². The number of anilines is 1. The predicted molar refractivity (Wildman–Crippen MR) is 118 cm³/mol. The Balaban J connectivity index is 1.60. The summed E-state index contributed by atoms with van der Waals surface area (Å²) in [5, 5.41) is 19.8. The zero-order valence-corrected chi connectivity index (χ0v) is 18.5. The summed E-state index contributed by atoms with van der Waals surface area (Å²) < 4.78 is 6.08. The van der Waals surface area contributed by atoms with E-state index in [0.29, 0.717) is 43.2 Å². The van der Waals surface area contributed by atoms with Crippen molar-refractivity contribution in [3.63, 3.8) is 0 Å². The summed E-state index contributed by atoms with van der Waals surface area (Å²) in [6.45, 7) is 3.07. The molecule has 1 saturated heterocycles. The summed E-state index contributed by atoms with van der Waals surface area (Å²) in [6, 6.07) is 1.88. The van der Waals surface area contributed by atoms with E-state index in [4.69, 9.17) is 15.9 Å². The Hall–Kier alpha value is -2.48. The van der Waals surface area contributed by atoms with E-state index >= 15 is 0 Å². The maximum absolute atomic E-state index is 12.7. The van der Waals surface area contributed by atoms with Crippen molar-refractivity contribution >= 4 is 17.3 Å². The van der Waals surface area contributed by atoms with Crippen molar-refractivity contribution in [1.29, 1.82) is 5.41 Å². The second kappa shape index (κ2) is 8.57. The molecule has 0 amide bonds. The quantitative estimate of drug-likeness (QED) is 0.615. The third-order valence-corrected chi connectivity index (χ3v) is 7.23. The largest absolute Gasteiger partial charge is 0.511 e. The van der Waals surface area contributed by atoms with Gasteiger partial charge in [0.15, 0.2) is 5.82 Å². The Kier molecular flexibility index (Phi) is 6.01. The van der Waals surface area contributed by atoms with Gasteiger partial charge < -0.3 is 15.6 Å². The summed E-state index contributed by atoms with van der Waals surface area (Å²) >= 11 is 0. The number of aromatic nitrogens is 2. The molecule has 1 aromatic rings. The molecule has 8 heteroatoms. The van der Waals surface area contributed by atoms with Gasteiger partial charge in [0.2, 0.25) is 5.88 Å². The van der Waals surface area contributed by atoms with Gasteiger partial charge in [-0.1, -0.05) is 6.42 Å². The van der Waals surface area contributed by atoms with Crippen LogP contribution in [0.4, 0.5) is 5.82 Å². The molecule has 2 aliphatic carbocycles. The normalized spacial score (nSPS) is 28.2. The van der Waals surface area contributed by atoms with Crippen LogP contribution in [0.1, 0.15) is 70.5 Å². The molecular formula is C23H33N5O3. The lowest BCUT2D eigenvalue weighted by molar-refractivity contribution is -0.131. The molecule has 0 unspecified atom stereocenters. The number of hydrogen-bond donors (Lipinski definition) is 3. The van der Waals surface area contributed by atoms with Crippen molar-refractivity contribution in [3.8, 4) is 5.88 Å². The topological polar surface area (TPSA) is 125 Å². The van der Waals surface area contributed by atoms with Crippen LogP contribution in [-0.4, -0.2) is 57.2 Å². The van der Waals surface area contributed by atoms with Crippen molar-refractivity contribution < 1.29 is 14.6 Å². The van der Waals surface area contributed by atoms with E-state index in [9.17, 15) is 9.90 Å². The molecule has 2 heterocycles. The maximum Gasteiger partial charge on any atom is 0.219 e. The molecular weight excluding hydrogens is 394 g/mol. The molecule has 0 aromatic carbocycles. The maximum atomic E-state index is 12.7. The number of hydrogen-bond acceptors (Lipinski definition) is 8. The van der Waals surface area contributed by atoms with Crippen LogP contribution < -0.4 is 10.5 Å². The van der Waals surface area contributed by atoms with Gasteiger partial charge in [-0.3, -0.25) is 15.1 Å². The number of ketones is 1. The molecule has 2 fully saturated rings. The summed E-state index contributed by atoms with van der Waals surface area (Å²) in [5.41, 5.74) is 5.66. The van der Waals surface area contributed by atoms with Gasteiger partial charge in [-0.15, -0.1) is 0 Å². The van der Waals surface area contributed by atoms with Crippen LogP contribution in [0.5, 0.6) is 5.88 Å². The molecule has 4 N–H and O–H groups in total. The number of nitrogens with one attached hydrogen (secondary N) is 1. The van der Waals surface area contributed by atoms with Crippen molar-refractivity contribution in [3.05, 3.63) is 23.2 Å². The lowest BCUT2D eigenvalue weighted by atomic mass is 9.64. The standard InChI is InChI=1S/C23H33N5O3/c1-14(16-8-6-12-28(16)2)31-19-13-18(24)26-22(27-19)20(25)15-7-5-11-23(21(15)30)10-4-3-9-17(23)29/h13-14,16,25,30H,3-12H2,1-2H3,(H2,24,26,27)/t14-,16-,23+/m0/s1. The fourth-order valence-corrected chi connectivity index (χ4v) is 5.49. The molecule has 1 aliphatic heterocycles. The highest BCUT2D eigenvalue weighted by Gasteiger charge is 2.47. The van der Waals surface area contributed by atoms with E-state index in [2.05, 4.69) is 21.9 Å². The average molecular weight is 428 g/mol. The van der Waals surface area contributed by atoms with Crippen LogP contribution in [-0.2, 0) is 4.79 Å². The third-order valence-electron chi connectivity index (χ3n) is 7.23. The van der Waals surface area contributed by atoms with Crippen molar-refractivity contribution in [2.75, 3.05) is 19.3 Å². The number of nitrogens with zero attached hydrogens (tertiary/aromatic N) is 3. The predicted octanol–water partition coefficient (Wildman–Crippen LogP) is 3.41. The van der Waals surface area contributed by atoms with Gasteiger partial charge >= 0.3 is 0 Å². The van der Waals surface area contributed by atoms with Crippen molar-refractivity contribution in [1.82, 2.24) is 14.9 Å². The van der Waals surface area contributed by atoms with E-state index in [1.165, 1.54) is 0 Å². The van der Waals surface area contributed by atoms with E-state index in [0.717, 1.165) is 38.6 Å². The van der Waals surface area contributed by atoms with Crippen LogP contribution in [0.25, 0.3) is 0 Å². The number of aliphatic hydroxyl groups is 1. The lowest BCUT2D eigenvalue weighted by Crippen LogP contribution is -2.39. The Morgan fingerprint density at radius 1 is 1.29 bits per heavy atom. The second-order valence-electron chi connectivity index (χ2n) is 9.24. The van der Waals surface area contributed by atoms with Gasteiger partial charge in [0.1, 0.15) is 29.2 Å². The SMILES string of the molecule is C[C@H](Oc1cc(N)nc(C(=N)C2=C(O)[C@]3(CCCCC3=O)CCC2)n1)[C@@H]1CCCN1C. The van der Waals surface area contributed by atoms with Crippen LogP contribution >= 0.6 is 0 Å². The summed E-state index contributed by atoms with van der Waals surface area (Å²) in [6.07, 6.45) is 6.98. The van der Waals surface area contributed by atoms with Crippen LogP contribution in [0.15, 0.2) is 17.4 Å². The molecule has 31 heavy (non-hydrogen) atoms. The number of Topliss-reactive ketones (excluding diaryl/α,β-unsaturated/α-hetero) is 1. The van der Waals surface area contributed by atoms with Crippen molar-refractivity contribution in [2.45, 2.75) is 76.9 Å². The molecule has 3 aliphatic rings. The lowest BCUT2D eigenvalue weighted by Gasteiger charge is -2.39. The minimum absolute atomic E-state index is 0.0257. The third kappa shape index (κ3) is 4.05. The highest BCUT2D eigenvalue weighted by molar-refractivity contribution is 6.09. The molecule has 1 aromatic heterocycles. The minimum atomic E-state index is -0.834. The van der Waals surface area contributed by atoms with Gasteiger partial charge in [-0.2, -0.15) is 4.98 Å². The number of nitrogens with two attached hydrogens (primary N) is 1. The smallest absolute Gasteiger partial charge is 0.219 e. The van der Waals surface area contributed by atoms with Gasteiger partial charge in [0.05, 0.1) is 5.41 Å². The van der Waals surface area contributed by atoms with Crippen LogP contribution in [0, 0.1) is 10.8 Å². The Labute approximate surface area is 183 Å². The number of aliphatic hydroxyl groups excluding tert-OH is 1. The zero-order chi connectivity index (χ0) is 22.2. The summed E-state index contributed by atoms with van der Waals surface area (Å²) in [5.74, 6) is 0.815. The van der Waals surface area contributed by atoms with Gasteiger partial charge in [-0.25, -0.2) is 4.98 Å². The number of carbonyl (C=O) groups excluding carboxylic acids is 1. The van der Waals surface area contributed by atoms with E-state index in [1.54, 1.807) is 6.07 Å². The highest BCUT2D eigenvalue weighted by Crippen LogP contribution is 2.48. The number of carbonyl (C=O) groups is 1. The number of allylic oxidation sites excluding steroid dienone is 2. The summed E-state index contributed by atoms with van der Waals surface area (Å²) in [4.78, 5) is 23.7. The first-order valence-corrected chi connectivity index (χ1v) is 11.4. The van der Waals surface area contributed by atoms with Crippen molar-refractivity contribution in [2.24, 2.45) is 5.41 Å². The molecule has 8 nitrogen and oxygen atoms in total.